The summed E-state index contributed by atoms with van der Waals surface area (Å²) in [6.45, 7) is 1.98. The molecule has 2 atom stereocenters. The Balaban J connectivity index is 1.76. The first-order valence-corrected chi connectivity index (χ1v) is 8.54. The van der Waals surface area contributed by atoms with E-state index in [4.69, 9.17) is 4.74 Å². The molecule has 0 bridgehead atoms. The molecule has 26 heavy (non-hydrogen) atoms. The minimum Gasteiger partial charge on any atom is -0.508 e. The largest absolute Gasteiger partial charge is 0.508 e. The maximum Gasteiger partial charge on any atom is 0.323 e. The van der Waals surface area contributed by atoms with Crippen molar-refractivity contribution in [2.24, 2.45) is 0 Å². The molecule has 2 aromatic rings. The van der Waals surface area contributed by atoms with Gasteiger partial charge in [-0.3, -0.25) is 14.9 Å². The molecule has 6 heteroatoms. The average Bonchev–Trinajstić information content (AvgIpc) is 2.91. The molecule has 6 nitrogen and oxygen atoms in total. The predicted molar refractivity (Wildman–Crippen MR) is 95.3 cm³/mol. The molecule has 0 aliphatic heterocycles. The van der Waals surface area contributed by atoms with Gasteiger partial charge in [0.2, 0.25) is 0 Å². The highest BCUT2D eigenvalue weighted by Crippen LogP contribution is 2.26. The highest BCUT2D eigenvalue weighted by molar-refractivity contribution is 6.05. The second-order valence-electron chi connectivity index (χ2n) is 6.30. The van der Waals surface area contributed by atoms with Gasteiger partial charge in [0.25, 0.3) is 0 Å². The third-order valence-electron chi connectivity index (χ3n) is 4.44. The third kappa shape index (κ3) is 3.86. The topological polar surface area (TPSA) is 95.9 Å². The fraction of sp³-hybridized carbons (Fsp3) is 0.300. The highest BCUT2D eigenvalue weighted by atomic mass is 16.5. The lowest BCUT2D eigenvalue weighted by Crippen LogP contribution is -2.48. The molecule has 3 N–H and O–H groups in total. The quantitative estimate of drug-likeness (QED) is 0.686. The fourth-order valence-corrected chi connectivity index (χ4v) is 3.19. The van der Waals surface area contributed by atoms with E-state index in [9.17, 15) is 19.8 Å². The summed E-state index contributed by atoms with van der Waals surface area (Å²) in [6, 6.07) is 10.0. The van der Waals surface area contributed by atoms with Crippen molar-refractivity contribution in [1.82, 2.24) is 5.32 Å². The maximum atomic E-state index is 12.6. The fourth-order valence-electron chi connectivity index (χ4n) is 3.19. The molecule has 0 amide bonds. The first-order valence-electron chi connectivity index (χ1n) is 8.54. The second kappa shape index (κ2) is 7.58. The van der Waals surface area contributed by atoms with E-state index in [1.165, 1.54) is 6.07 Å². The van der Waals surface area contributed by atoms with E-state index in [1.54, 1.807) is 43.3 Å². The number of hydrogen-bond donors (Lipinski definition) is 3. The Hall–Kier alpha value is -2.86. The number of phenols is 2. The van der Waals surface area contributed by atoms with Gasteiger partial charge in [-0.15, -0.1) is 0 Å². The number of fused-ring (bicyclic) bond motifs is 1. The van der Waals surface area contributed by atoms with E-state index in [2.05, 4.69) is 5.32 Å². The smallest absolute Gasteiger partial charge is 0.323 e. The number of carbonyl (C=O) groups is 2. The van der Waals surface area contributed by atoms with Crippen LogP contribution in [0.5, 0.6) is 11.5 Å². The summed E-state index contributed by atoms with van der Waals surface area (Å²) in [5.74, 6) is -0.258. The lowest BCUT2D eigenvalue weighted by atomic mass is 10.0. The van der Waals surface area contributed by atoms with Crippen LogP contribution >= 0.6 is 0 Å². The zero-order valence-corrected chi connectivity index (χ0v) is 14.4. The van der Waals surface area contributed by atoms with Gasteiger partial charge >= 0.3 is 5.97 Å². The van der Waals surface area contributed by atoms with Crippen LogP contribution < -0.4 is 5.32 Å². The number of esters is 1. The van der Waals surface area contributed by atoms with Crippen LogP contribution in [0, 0.1) is 0 Å². The van der Waals surface area contributed by atoms with Crippen LogP contribution in [0.25, 0.3) is 0 Å². The molecule has 1 aliphatic carbocycles. The molecule has 2 aromatic carbocycles. The number of benzene rings is 2. The minimum atomic E-state index is -0.684. The van der Waals surface area contributed by atoms with Crippen molar-refractivity contribution in [1.29, 1.82) is 0 Å². The van der Waals surface area contributed by atoms with Gasteiger partial charge in [-0.25, -0.2) is 0 Å². The van der Waals surface area contributed by atoms with Crippen LogP contribution in [0.4, 0.5) is 0 Å². The first kappa shape index (κ1) is 17.9. The van der Waals surface area contributed by atoms with Crippen LogP contribution in [-0.4, -0.2) is 40.7 Å². The zero-order chi connectivity index (χ0) is 18.7. The van der Waals surface area contributed by atoms with Crippen LogP contribution in [0.15, 0.2) is 42.5 Å². The lowest BCUT2D eigenvalue weighted by Gasteiger charge is -2.21. The normalized spacial score (nSPS) is 17.0. The van der Waals surface area contributed by atoms with Crippen LogP contribution in [0.2, 0.25) is 0 Å². The molecule has 0 fully saturated rings. The van der Waals surface area contributed by atoms with Gasteiger partial charge in [0.15, 0.2) is 5.78 Å². The molecule has 0 aromatic heterocycles. The van der Waals surface area contributed by atoms with Crippen molar-refractivity contribution < 1.29 is 24.5 Å². The number of ether oxygens (including phenoxy) is 1. The molecule has 0 saturated carbocycles. The van der Waals surface area contributed by atoms with Gasteiger partial charge in [-0.1, -0.05) is 12.1 Å². The van der Waals surface area contributed by atoms with E-state index in [1.807, 2.05) is 0 Å². The number of phenolic OH excluding ortho intramolecular Hbond substituents is 2. The van der Waals surface area contributed by atoms with Crippen molar-refractivity contribution >= 4 is 11.8 Å². The monoisotopic (exact) mass is 355 g/mol. The molecule has 1 aliphatic rings. The van der Waals surface area contributed by atoms with Crippen molar-refractivity contribution in [3.05, 3.63) is 59.2 Å². The Labute approximate surface area is 151 Å². The van der Waals surface area contributed by atoms with Gasteiger partial charge < -0.3 is 14.9 Å². The van der Waals surface area contributed by atoms with Crippen molar-refractivity contribution in [3.63, 3.8) is 0 Å². The van der Waals surface area contributed by atoms with Crippen molar-refractivity contribution in [2.45, 2.75) is 31.8 Å². The number of rotatable bonds is 6. The lowest BCUT2D eigenvalue weighted by molar-refractivity contribution is -0.145. The van der Waals surface area contributed by atoms with E-state index >= 15 is 0 Å². The Kier molecular flexibility index (Phi) is 5.23. The van der Waals surface area contributed by atoms with Gasteiger partial charge in [0.05, 0.1) is 12.6 Å². The molecule has 0 heterocycles. The van der Waals surface area contributed by atoms with Crippen molar-refractivity contribution in [3.8, 4) is 11.5 Å². The molecule has 0 saturated heterocycles. The third-order valence-corrected chi connectivity index (χ3v) is 4.44. The van der Waals surface area contributed by atoms with E-state index in [-0.39, 0.29) is 23.9 Å². The summed E-state index contributed by atoms with van der Waals surface area (Å²) in [7, 11) is 0. The second-order valence-corrected chi connectivity index (χ2v) is 6.30. The van der Waals surface area contributed by atoms with Gasteiger partial charge in [0.1, 0.15) is 17.5 Å². The van der Waals surface area contributed by atoms with Gasteiger partial charge in [-0.05, 0) is 61.2 Å². The molecule has 1 unspecified atom stereocenters. The van der Waals surface area contributed by atoms with Crippen LogP contribution in [-0.2, 0) is 22.4 Å². The van der Waals surface area contributed by atoms with Crippen LogP contribution in [0.1, 0.15) is 28.4 Å². The number of nitrogens with one attached hydrogen (secondary N) is 1. The molecular formula is C20H21NO5. The Bertz CT molecular complexity index is 815. The van der Waals surface area contributed by atoms with Gasteiger partial charge in [-0.2, -0.15) is 0 Å². The van der Waals surface area contributed by atoms with E-state index in [0.717, 1.165) is 11.1 Å². The number of Topliss-reactive ketones (excluding diaryl/α,β-unsaturated/α-hetero) is 1. The van der Waals surface area contributed by atoms with Gasteiger partial charge in [0, 0.05) is 5.56 Å². The molecular weight excluding hydrogens is 334 g/mol. The van der Waals surface area contributed by atoms with E-state index in [0.29, 0.717) is 18.4 Å². The number of hydrogen-bond acceptors (Lipinski definition) is 6. The number of ketones is 1. The Morgan fingerprint density at radius 3 is 2.58 bits per heavy atom. The molecule has 0 spiro atoms. The summed E-state index contributed by atoms with van der Waals surface area (Å²) < 4.78 is 5.14. The number of carbonyl (C=O) groups excluding carboxylic acids is 2. The minimum absolute atomic E-state index is 0.0972. The SMILES string of the molecule is CCOC(=O)[C@H](Cc1ccc(O)cc1)NC1Cc2cc(O)ccc2C1=O. The highest BCUT2D eigenvalue weighted by Gasteiger charge is 2.34. The van der Waals surface area contributed by atoms with Crippen molar-refractivity contribution in [2.75, 3.05) is 6.61 Å². The molecule has 3 rings (SSSR count). The molecule has 136 valence electrons. The Morgan fingerprint density at radius 1 is 1.19 bits per heavy atom. The summed E-state index contributed by atoms with van der Waals surface area (Å²) in [5, 5.41) is 22.1. The summed E-state index contributed by atoms with van der Waals surface area (Å²) in [6.07, 6.45) is 0.749. The Morgan fingerprint density at radius 2 is 1.88 bits per heavy atom. The average molecular weight is 355 g/mol. The summed E-state index contributed by atoms with van der Waals surface area (Å²) in [5.41, 5.74) is 2.17. The predicted octanol–water partition coefficient (Wildman–Crippen LogP) is 1.97. The summed E-state index contributed by atoms with van der Waals surface area (Å²) in [4.78, 5) is 24.9. The van der Waals surface area contributed by atoms with Crippen LogP contribution in [0.3, 0.4) is 0 Å². The standard InChI is InChI=1S/C20H21NO5/c1-2-26-20(25)18(9-12-3-5-14(22)6-4-12)21-17-11-13-10-15(23)7-8-16(13)19(17)24/h3-8,10,17-18,21-23H,2,9,11H2,1H3/t17?,18-/m0/s1. The zero-order valence-electron chi connectivity index (χ0n) is 14.4. The molecule has 0 radical (unpaired) electrons. The van der Waals surface area contributed by atoms with E-state index < -0.39 is 18.1 Å². The summed E-state index contributed by atoms with van der Waals surface area (Å²) >= 11 is 0. The first-order chi connectivity index (χ1) is 12.5. The maximum absolute atomic E-state index is 12.6. The number of aromatic hydroxyl groups is 2.